The minimum absolute atomic E-state index is 0.0580. The van der Waals surface area contributed by atoms with Crippen LogP contribution in [-0.4, -0.2) is 36.4 Å². The first kappa shape index (κ1) is 35.9. The van der Waals surface area contributed by atoms with E-state index in [0.29, 0.717) is 12.8 Å². The van der Waals surface area contributed by atoms with Gasteiger partial charge in [0.2, 0.25) is 0 Å². The Kier molecular flexibility index (Phi) is 28.6. The molecule has 0 saturated heterocycles. The molecule has 220 valence electrons. The maximum atomic E-state index is 12.0. The molecule has 37 heavy (non-hydrogen) atoms. The van der Waals surface area contributed by atoms with Gasteiger partial charge in [0.1, 0.15) is 6.61 Å². The van der Waals surface area contributed by atoms with Gasteiger partial charge in [-0.15, -0.1) is 0 Å². The minimum atomic E-state index is -0.758. The standard InChI is InChI=1S/C32H62O5/c1-3-5-7-9-11-13-15-16-17-19-20-22-24-26-31(34)36-29-30(28-33)37-32(35)27-25-23-21-18-14-12-10-8-6-4-2/h30,33H,3-29H2,1-2H3/t30-/m0/s1. The molecule has 0 fully saturated rings. The molecule has 0 unspecified atom stereocenters. The lowest BCUT2D eigenvalue weighted by molar-refractivity contribution is -0.161. The molecule has 0 radical (unpaired) electrons. The zero-order valence-corrected chi connectivity index (χ0v) is 24.7. The number of ether oxygens (including phenoxy) is 2. The first-order valence-electron chi connectivity index (χ1n) is 16.1. The van der Waals surface area contributed by atoms with Crippen molar-refractivity contribution >= 4 is 11.9 Å². The van der Waals surface area contributed by atoms with Crippen LogP contribution in [0.15, 0.2) is 0 Å². The smallest absolute Gasteiger partial charge is 0.306 e. The van der Waals surface area contributed by atoms with Crippen LogP contribution in [0.2, 0.25) is 0 Å². The average molecular weight is 527 g/mol. The largest absolute Gasteiger partial charge is 0.462 e. The van der Waals surface area contributed by atoms with E-state index in [0.717, 1.165) is 32.1 Å². The lowest BCUT2D eigenvalue weighted by Gasteiger charge is -2.15. The number of aliphatic hydroxyl groups excluding tert-OH is 1. The molecule has 5 nitrogen and oxygen atoms in total. The zero-order valence-electron chi connectivity index (χ0n) is 24.7. The van der Waals surface area contributed by atoms with Crippen LogP contribution in [0.1, 0.15) is 174 Å². The summed E-state index contributed by atoms with van der Waals surface area (Å²) in [6.45, 7) is 4.12. The molecule has 0 amide bonds. The van der Waals surface area contributed by atoms with Crippen LogP contribution in [0.4, 0.5) is 0 Å². The van der Waals surface area contributed by atoms with Crippen molar-refractivity contribution in [3.05, 3.63) is 0 Å². The number of esters is 2. The highest BCUT2D eigenvalue weighted by molar-refractivity contribution is 5.70. The Bertz CT molecular complexity index is 494. The summed E-state index contributed by atoms with van der Waals surface area (Å²) in [5.41, 5.74) is 0. The van der Waals surface area contributed by atoms with Crippen molar-refractivity contribution in [3.63, 3.8) is 0 Å². The lowest BCUT2D eigenvalue weighted by atomic mass is 10.0. The topological polar surface area (TPSA) is 72.8 Å². The second-order valence-electron chi connectivity index (χ2n) is 10.9. The molecule has 0 saturated carbocycles. The average Bonchev–Trinajstić information content (AvgIpc) is 2.90. The summed E-state index contributed by atoms with van der Waals surface area (Å²) < 4.78 is 10.5. The summed E-state index contributed by atoms with van der Waals surface area (Å²) in [5.74, 6) is -0.585. The molecule has 0 bridgehead atoms. The Balaban J connectivity index is 3.55. The molecule has 0 aromatic rings. The van der Waals surface area contributed by atoms with E-state index >= 15 is 0 Å². The molecule has 0 aliphatic heterocycles. The van der Waals surface area contributed by atoms with E-state index in [9.17, 15) is 14.7 Å². The monoisotopic (exact) mass is 526 g/mol. The second-order valence-corrected chi connectivity index (χ2v) is 10.9. The molecule has 0 aromatic carbocycles. The summed E-state index contributed by atoms with van der Waals surface area (Å²) >= 11 is 0. The van der Waals surface area contributed by atoms with Crippen LogP contribution in [-0.2, 0) is 19.1 Å². The highest BCUT2D eigenvalue weighted by Gasteiger charge is 2.16. The Morgan fingerprint density at radius 1 is 0.514 bits per heavy atom. The van der Waals surface area contributed by atoms with Crippen molar-refractivity contribution in [3.8, 4) is 0 Å². The maximum Gasteiger partial charge on any atom is 0.306 e. The Morgan fingerprint density at radius 2 is 0.838 bits per heavy atom. The first-order valence-corrected chi connectivity index (χ1v) is 16.1. The van der Waals surface area contributed by atoms with E-state index < -0.39 is 6.10 Å². The number of carbonyl (C=O) groups is 2. The molecule has 0 heterocycles. The quantitative estimate of drug-likeness (QED) is 0.0776. The van der Waals surface area contributed by atoms with E-state index in [1.165, 1.54) is 116 Å². The molecule has 0 aliphatic carbocycles. The molecular formula is C32H62O5. The van der Waals surface area contributed by atoms with Gasteiger partial charge in [0.15, 0.2) is 6.10 Å². The van der Waals surface area contributed by atoms with Crippen LogP contribution < -0.4 is 0 Å². The number of unbranched alkanes of at least 4 members (excludes halogenated alkanes) is 21. The third-order valence-electron chi connectivity index (χ3n) is 7.15. The van der Waals surface area contributed by atoms with E-state index in [-0.39, 0.29) is 25.2 Å². The van der Waals surface area contributed by atoms with Gasteiger partial charge in [-0.25, -0.2) is 0 Å². The Morgan fingerprint density at radius 3 is 1.19 bits per heavy atom. The van der Waals surface area contributed by atoms with E-state index in [1.54, 1.807) is 0 Å². The number of rotatable bonds is 29. The van der Waals surface area contributed by atoms with Gasteiger partial charge < -0.3 is 14.6 Å². The Labute approximate surface area is 229 Å². The van der Waals surface area contributed by atoms with Crippen molar-refractivity contribution < 1.29 is 24.2 Å². The van der Waals surface area contributed by atoms with Crippen LogP contribution in [0.5, 0.6) is 0 Å². The molecular weight excluding hydrogens is 464 g/mol. The summed E-state index contributed by atoms with van der Waals surface area (Å²) in [7, 11) is 0. The highest BCUT2D eigenvalue weighted by Crippen LogP contribution is 2.14. The molecule has 0 aromatic heterocycles. The van der Waals surface area contributed by atoms with Crippen molar-refractivity contribution in [2.45, 2.75) is 180 Å². The number of hydrogen-bond donors (Lipinski definition) is 1. The van der Waals surface area contributed by atoms with Crippen LogP contribution in [0.25, 0.3) is 0 Å². The zero-order chi connectivity index (χ0) is 27.2. The summed E-state index contributed by atoms with van der Waals surface area (Å²) in [4.78, 5) is 24.0. The normalized spacial score (nSPS) is 12.0. The first-order chi connectivity index (χ1) is 18.1. The van der Waals surface area contributed by atoms with E-state index in [4.69, 9.17) is 9.47 Å². The van der Waals surface area contributed by atoms with Gasteiger partial charge in [-0.1, -0.05) is 149 Å². The maximum absolute atomic E-state index is 12.0. The van der Waals surface area contributed by atoms with Crippen LogP contribution in [0, 0.1) is 0 Å². The molecule has 0 spiro atoms. The van der Waals surface area contributed by atoms with Crippen molar-refractivity contribution in [2.75, 3.05) is 13.2 Å². The third-order valence-corrected chi connectivity index (χ3v) is 7.15. The minimum Gasteiger partial charge on any atom is -0.462 e. The second kappa shape index (κ2) is 29.5. The van der Waals surface area contributed by atoms with Gasteiger partial charge in [-0.05, 0) is 12.8 Å². The van der Waals surface area contributed by atoms with Gasteiger partial charge in [0.05, 0.1) is 6.61 Å². The predicted molar refractivity (Wildman–Crippen MR) is 155 cm³/mol. The Hall–Kier alpha value is -1.10. The van der Waals surface area contributed by atoms with Crippen molar-refractivity contribution in [2.24, 2.45) is 0 Å². The fourth-order valence-corrected chi connectivity index (χ4v) is 4.67. The highest BCUT2D eigenvalue weighted by atomic mass is 16.6. The molecule has 5 heteroatoms. The van der Waals surface area contributed by atoms with E-state index in [2.05, 4.69) is 13.8 Å². The molecule has 0 rings (SSSR count). The molecule has 1 atom stereocenters. The van der Waals surface area contributed by atoms with Gasteiger partial charge >= 0.3 is 11.9 Å². The van der Waals surface area contributed by atoms with Gasteiger partial charge in [-0.2, -0.15) is 0 Å². The molecule has 1 N–H and O–H groups in total. The van der Waals surface area contributed by atoms with Crippen LogP contribution in [0.3, 0.4) is 0 Å². The molecule has 0 aliphatic rings. The SMILES string of the molecule is CCCCCCCCCCCCCCCC(=O)OC[C@H](CO)OC(=O)CCCCCCCCCCCC. The summed E-state index contributed by atoms with van der Waals surface area (Å²) in [5, 5.41) is 9.46. The summed E-state index contributed by atoms with van der Waals surface area (Å²) in [6, 6.07) is 0. The number of carbonyl (C=O) groups excluding carboxylic acids is 2. The van der Waals surface area contributed by atoms with Crippen LogP contribution >= 0.6 is 0 Å². The predicted octanol–water partition coefficient (Wildman–Crippen LogP) is 9.23. The van der Waals surface area contributed by atoms with Crippen molar-refractivity contribution in [1.29, 1.82) is 0 Å². The fourth-order valence-electron chi connectivity index (χ4n) is 4.67. The van der Waals surface area contributed by atoms with Gasteiger partial charge in [0.25, 0.3) is 0 Å². The van der Waals surface area contributed by atoms with Gasteiger partial charge in [0, 0.05) is 12.8 Å². The fraction of sp³-hybridized carbons (Fsp3) is 0.938. The van der Waals surface area contributed by atoms with E-state index in [1.807, 2.05) is 0 Å². The van der Waals surface area contributed by atoms with Crippen molar-refractivity contribution in [1.82, 2.24) is 0 Å². The third kappa shape index (κ3) is 27.7. The van der Waals surface area contributed by atoms with Gasteiger partial charge in [-0.3, -0.25) is 9.59 Å². The number of aliphatic hydroxyl groups is 1. The number of hydrogen-bond acceptors (Lipinski definition) is 5. The summed E-state index contributed by atoms with van der Waals surface area (Å²) in [6.07, 6.45) is 28.6. The lowest BCUT2D eigenvalue weighted by Crippen LogP contribution is -2.28.